The van der Waals surface area contributed by atoms with E-state index < -0.39 is 0 Å². The predicted molar refractivity (Wildman–Crippen MR) is 64.1 cm³/mol. The van der Waals surface area contributed by atoms with Gasteiger partial charge in [-0.05, 0) is 26.2 Å². The first-order valence-corrected chi connectivity index (χ1v) is 5.88. The highest BCUT2D eigenvalue weighted by atomic mass is 35.5. The second kappa shape index (κ2) is 4.83. The largest absolute Gasteiger partial charge is 0.477 e. The molecule has 2 rings (SSSR count). The molecule has 0 saturated heterocycles. The Kier molecular flexibility index (Phi) is 3.44. The molecule has 0 aromatic carbocycles. The van der Waals surface area contributed by atoms with Crippen LogP contribution in [0.15, 0.2) is 12.7 Å². The first-order valence-electron chi connectivity index (χ1n) is 5.50. The van der Waals surface area contributed by atoms with Crippen molar-refractivity contribution in [1.29, 1.82) is 0 Å². The van der Waals surface area contributed by atoms with E-state index in [4.69, 9.17) is 16.3 Å². The lowest BCUT2D eigenvalue weighted by molar-refractivity contribution is 0.308. The number of halogens is 1. The summed E-state index contributed by atoms with van der Waals surface area (Å²) in [5.74, 6) is 1.92. The highest BCUT2D eigenvalue weighted by molar-refractivity contribution is 6.30. The number of aromatic nitrogens is 2. The van der Waals surface area contributed by atoms with E-state index in [2.05, 4.69) is 16.5 Å². The second-order valence-corrected chi connectivity index (χ2v) is 4.36. The molecule has 1 aromatic heterocycles. The lowest BCUT2D eigenvalue weighted by Gasteiger charge is -2.09. The maximum Gasteiger partial charge on any atom is 0.221 e. The summed E-state index contributed by atoms with van der Waals surface area (Å²) in [6.07, 6.45) is 4.94. The van der Waals surface area contributed by atoms with E-state index in [9.17, 15) is 0 Å². The average molecular weight is 239 g/mol. The van der Waals surface area contributed by atoms with Crippen molar-refractivity contribution in [2.45, 2.75) is 32.1 Å². The fourth-order valence-corrected chi connectivity index (χ4v) is 1.56. The molecule has 0 amide bonds. The fourth-order valence-electron chi connectivity index (χ4n) is 1.39. The molecule has 1 aliphatic carbocycles. The summed E-state index contributed by atoms with van der Waals surface area (Å²) < 4.78 is 5.57. The van der Waals surface area contributed by atoms with Crippen molar-refractivity contribution in [3.8, 4) is 5.88 Å². The zero-order valence-corrected chi connectivity index (χ0v) is 10.1. The Hall–Kier alpha value is -1.09. The minimum atomic E-state index is 0.486. The van der Waals surface area contributed by atoms with Gasteiger partial charge in [-0.1, -0.05) is 17.7 Å². The van der Waals surface area contributed by atoms with Crippen LogP contribution in [-0.2, 0) is 0 Å². The van der Waals surface area contributed by atoms with Gasteiger partial charge in [-0.25, -0.2) is 4.98 Å². The number of hydrogen-bond donors (Lipinski definition) is 0. The molecule has 1 heterocycles. The van der Waals surface area contributed by atoms with Crippen LogP contribution in [-0.4, -0.2) is 16.6 Å². The summed E-state index contributed by atoms with van der Waals surface area (Å²) in [6.45, 7) is 6.11. The van der Waals surface area contributed by atoms with Crippen LogP contribution in [0, 0.1) is 6.92 Å². The quantitative estimate of drug-likeness (QED) is 0.449. The molecular weight excluding hydrogens is 224 g/mol. The summed E-state index contributed by atoms with van der Waals surface area (Å²) in [5, 5.41) is 0.505. The average Bonchev–Trinajstić information content (AvgIpc) is 3.08. The standard InChI is InChI=1S/C12H15ClN2O/c1-3-4-7-16-12-8(2)10(13)14-11(15-12)9-5-6-9/h3,9H,1,4-7H2,2H3. The van der Waals surface area contributed by atoms with Crippen molar-refractivity contribution in [1.82, 2.24) is 9.97 Å². The minimum Gasteiger partial charge on any atom is -0.477 e. The van der Waals surface area contributed by atoms with E-state index in [0.29, 0.717) is 23.6 Å². The molecule has 0 aliphatic heterocycles. The van der Waals surface area contributed by atoms with Crippen molar-refractivity contribution < 1.29 is 4.74 Å². The Morgan fingerprint density at radius 2 is 2.25 bits per heavy atom. The molecule has 1 aromatic rings. The zero-order valence-electron chi connectivity index (χ0n) is 9.37. The Bertz CT molecular complexity index is 402. The summed E-state index contributed by atoms with van der Waals surface area (Å²) in [4.78, 5) is 8.69. The van der Waals surface area contributed by atoms with E-state index in [-0.39, 0.29) is 0 Å². The van der Waals surface area contributed by atoms with Gasteiger partial charge >= 0.3 is 0 Å². The number of rotatable bonds is 5. The highest BCUT2D eigenvalue weighted by Crippen LogP contribution is 2.39. The van der Waals surface area contributed by atoms with Gasteiger partial charge in [0.15, 0.2) is 0 Å². The SMILES string of the molecule is C=CCCOc1nc(C2CC2)nc(Cl)c1C. The third-order valence-electron chi connectivity index (χ3n) is 2.56. The van der Waals surface area contributed by atoms with Crippen LogP contribution in [0.1, 0.15) is 36.6 Å². The van der Waals surface area contributed by atoms with Crippen molar-refractivity contribution >= 4 is 11.6 Å². The molecule has 1 fully saturated rings. The monoisotopic (exact) mass is 238 g/mol. The summed E-state index contributed by atoms with van der Waals surface area (Å²) in [6, 6.07) is 0. The van der Waals surface area contributed by atoms with Gasteiger partial charge in [0.1, 0.15) is 11.0 Å². The molecule has 86 valence electrons. The summed E-state index contributed by atoms with van der Waals surface area (Å²) in [7, 11) is 0. The van der Waals surface area contributed by atoms with Crippen LogP contribution in [0.4, 0.5) is 0 Å². The van der Waals surface area contributed by atoms with E-state index in [1.54, 1.807) is 0 Å². The number of ether oxygens (including phenoxy) is 1. The van der Waals surface area contributed by atoms with Gasteiger partial charge in [0.05, 0.1) is 6.61 Å². The molecule has 0 N–H and O–H groups in total. The van der Waals surface area contributed by atoms with Crippen LogP contribution in [0.3, 0.4) is 0 Å². The maximum absolute atomic E-state index is 6.05. The van der Waals surface area contributed by atoms with Crippen LogP contribution in [0.25, 0.3) is 0 Å². The lowest BCUT2D eigenvalue weighted by Crippen LogP contribution is -2.04. The van der Waals surface area contributed by atoms with Gasteiger partial charge in [0.2, 0.25) is 5.88 Å². The van der Waals surface area contributed by atoms with Gasteiger partial charge in [-0.15, -0.1) is 6.58 Å². The first kappa shape index (κ1) is 11.4. The van der Waals surface area contributed by atoms with Gasteiger partial charge in [-0.3, -0.25) is 0 Å². The molecule has 0 radical (unpaired) electrons. The first-order chi connectivity index (χ1) is 7.72. The van der Waals surface area contributed by atoms with Gasteiger partial charge in [0, 0.05) is 11.5 Å². The molecule has 0 atom stereocenters. The van der Waals surface area contributed by atoms with E-state index in [1.807, 2.05) is 13.0 Å². The summed E-state index contributed by atoms with van der Waals surface area (Å²) >= 11 is 6.05. The van der Waals surface area contributed by atoms with Crippen molar-refractivity contribution in [2.24, 2.45) is 0 Å². The van der Waals surface area contributed by atoms with Crippen LogP contribution in [0.5, 0.6) is 5.88 Å². The Balaban J connectivity index is 2.17. The van der Waals surface area contributed by atoms with Crippen LogP contribution >= 0.6 is 11.6 Å². The van der Waals surface area contributed by atoms with Gasteiger partial charge in [0.25, 0.3) is 0 Å². The van der Waals surface area contributed by atoms with Crippen molar-refractivity contribution in [3.63, 3.8) is 0 Å². The summed E-state index contributed by atoms with van der Waals surface area (Å²) in [5.41, 5.74) is 0.815. The molecule has 0 unspecified atom stereocenters. The zero-order chi connectivity index (χ0) is 11.5. The van der Waals surface area contributed by atoms with Crippen LogP contribution in [0.2, 0.25) is 5.15 Å². The van der Waals surface area contributed by atoms with Gasteiger partial charge < -0.3 is 4.74 Å². The Labute approximate surface area is 101 Å². The van der Waals surface area contributed by atoms with Gasteiger partial charge in [-0.2, -0.15) is 4.98 Å². The third kappa shape index (κ3) is 2.53. The normalized spacial score (nSPS) is 14.9. The molecule has 0 bridgehead atoms. The molecule has 1 saturated carbocycles. The number of nitrogens with zero attached hydrogens (tertiary/aromatic N) is 2. The Morgan fingerprint density at radius 3 is 2.88 bits per heavy atom. The lowest BCUT2D eigenvalue weighted by atomic mass is 10.3. The smallest absolute Gasteiger partial charge is 0.221 e. The maximum atomic E-state index is 6.05. The molecule has 4 heteroatoms. The molecule has 1 aliphatic rings. The molecule has 16 heavy (non-hydrogen) atoms. The van der Waals surface area contributed by atoms with Crippen molar-refractivity contribution in [3.05, 3.63) is 29.2 Å². The topological polar surface area (TPSA) is 35.0 Å². The predicted octanol–water partition coefficient (Wildman–Crippen LogP) is 3.27. The molecular formula is C12H15ClN2O. The van der Waals surface area contributed by atoms with E-state index in [0.717, 1.165) is 30.7 Å². The van der Waals surface area contributed by atoms with E-state index >= 15 is 0 Å². The Morgan fingerprint density at radius 1 is 1.50 bits per heavy atom. The second-order valence-electron chi connectivity index (χ2n) is 4.00. The highest BCUT2D eigenvalue weighted by Gasteiger charge is 2.28. The number of hydrogen-bond acceptors (Lipinski definition) is 3. The molecule has 3 nitrogen and oxygen atoms in total. The third-order valence-corrected chi connectivity index (χ3v) is 2.93. The van der Waals surface area contributed by atoms with Crippen molar-refractivity contribution in [2.75, 3.05) is 6.61 Å². The molecule has 0 spiro atoms. The van der Waals surface area contributed by atoms with Crippen LogP contribution < -0.4 is 4.74 Å². The van der Waals surface area contributed by atoms with E-state index in [1.165, 1.54) is 0 Å². The fraction of sp³-hybridized carbons (Fsp3) is 0.500. The minimum absolute atomic E-state index is 0.486.